The number of methoxy groups -OCH3 is 1. The predicted octanol–water partition coefficient (Wildman–Crippen LogP) is 3.61. The predicted molar refractivity (Wildman–Crippen MR) is 74.5 cm³/mol. The molecule has 0 fully saturated rings. The molecular formula is C16H17F2NO. The fourth-order valence-electron chi connectivity index (χ4n) is 2.15. The van der Waals surface area contributed by atoms with Gasteiger partial charge in [-0.1, -0.05) is 12.1 Å². The van der Waals surface area contributed by atoms with Crippen LogP contribution in [0.4, 0.5) is 8.78 Å². The molecule has 0 saturated heterocycles. The molecule has 0 N–H and O–H groups in total. The van der Waals surface area contributed by atoms with Gasteiger partial charge in [-0.3, -0.25) is 4.90 Å². The van der Waals surface area contributed by atoms with Gasteiger partial charge in [-0.2, -0.15) is 0 Å². The molecule has 0 radical (unpaired) electrons. The Labute approximate surface area is 117 Å². The standard InChI is InChI=1S/C16H17F2NO/c1-19(10-12-4-3-5-16(8-12)20-2)11-13-6-14(17)9-15(18)7-13/h3-9H,10-11H2,1-2H3. The monoisotopic (exact) mass is 277 g/mol. The fraction of sp³-hybridized carbons (Fsp3) is 0.250. The molecule has 0 unspecified atom stereocenters. The zero-order chi connectivity index (χ0) is 14.5. The Kier molecular flexibility index (Phi) is 4.69. The highest BCUT2D eigenvalue weighted by Gasteiger charge is 2.06. The molecule has 2 rings (SSSR count). The van der Waals surface area contributed by atoms with Gasteiger partial charge in [-0.25, -0.2) is 8.78 Å². The van der Waals surface area contributed by atoms with Crippen LogP contribution in [0.15, 0.2) is 42.5 Å². The molecule has 2 aromatic rings. The molecule has 0 atom stereocenters. The van der Waals surface area contributed by atoms with E-state index in [4.69, 9.17) is 4.74 Å². The van der Waals surface area contributed by atoms with E-state index in [1.165, 1.54) is 12.1 Å². The number of hydrogen-bond donors (Lipinski definition) is 0. The van der Waals surface area contributed by atoms with Crippen molar-refractivity contribution in [2.75, 3.05) is 14.2 Å². The van der Waals surface area contributed by atoms with Crippen LogP contribution in [0.5, 0.6) is 5.75 Å². The Balaban J connectivity index is 2.02. The third-order valence-corrected chi connectivity index (χ3v) is 2.96. The molecule has 0 aromatic heterocycles. The van der Waals surface area contributed by atoms with Gasteiger partial charge in [0.15, 0.2) is 0 Å². The summed E-state index contributed by atoms with van der Waals surface area (Å²) in [7, 11) is 3.53. The van der Waals surface area contributed by atoms with E-state index in [9.17, 15) is 8.78 Å². The van der Waals surface area contributed by atoms with Gasteiger partial charge in [-0.05, 0) is 42.4 Å². The van der Waals surface area contributed by atoms with Crippen LogP contribution < -0.4 is 4.74 Å². The molecule has 0 heterocycles. The van der Waals surface area contributed by atoms with Gasteiger partial charge in [0.25, 0.3) is 0 Å². The van der Waals surface area contributed by atoms with Crippen molar-refractivity contribution in [2.45, 2.75) is 13.1 Å². The van der Waals surface area contributed by atoms with E-state index in [-0.39, 0.29) is 0 Å². The summed E-state index contributed by atoms with van der Waals surface area (Å²) in [4.78, 5) is 1.99. The smallest absolute Gasteiger partial charge is 0.126 e. The average Bonchev–Trinajstić information content (AvgIpc) is 2.37. The Bertz CT molecular complexity index is 566. The van der Waals surface area contributed by atoms with Crippen molar-refractivity contribution in [3.8, 4) is 5.75 Å². The van der Waals surface area contributed by atoms with Crippen molar-refractivity contribution in [2.24, 2.45) is 0 Å². The number of ether oxygens (including phenoxy) is 1. The third-order valence-electron chi connectivity index (χ3n) is 2.96. The van der Waals surface area contributed by atoms with E-state index < -0.39 is 11.6 Å². The molecule has 4 heteroatoms. The first-order valence-corrected chi connectivity index (χ1v) is 6.33. The van der Waals surface area contributed by atoms with Gasteiger partial charge in [-0.15, -0.1) is 0 Å². The van der Waals surface area contributed by atoms with Crippen LogP contribution in [0.1, 0.15) is 11.1 Å². The number of hydrogen-bond acceptors (Lipinski definition) is 2. The van der Waals surface area contributed by atoms with Gasteiger partial charge < -0.3 is 4.74 Å². The van der Waals surface area contributed by atoms with Crippen LogP contribution >= 0.6 is 0 Å². The summed E-state index contributed by atoms with van der Waals surface area (Å²) in [6.07, 6.45) is 0. The zero-order valence-corrected chi connectivity index (χ0v) is 11.6. The second kappa shape index (κ2) is 6.48. The summed E-state index contributed by atoms with van der Waals surface area (Å²) in [5.74, 6) is -0.294. The summed E-state index contributed by atoms with van der Waals surface area (Å²) >= 11 is 0. The van der Waals surface area contributed by atoms with Crippen LogP contribution in [0.3, 0.4) is 0 Å². The third kappa shape index (κ3) is 4.03. The molecule has 0 aliphatic heterocycles. The van der Waals surface area contributed by atoms with Gasteiger partial charge in [0, 0.05) is 19.2 Å². The molecule has 0 spiro atoms. The minimum atomic E-state index is -0.546. The normalized spacial score (nSPS) is 10.8. The molecule has 2 nitrogen and oxygen atoms in total. The van der Waals surface area contributed by atoms with Crippen LogP contribution in [0, 0.1) is 11.6 Å². The number of halogens is 2. The molecule has 0 bridgehead atoms. The van der Waals surface area contributed by atoms with Gasteiger partial charge in [0.1, 0.15) is 17.4 Å². The lowest BCUT2D eigenvalue weighted by molar-refractivity contribution is 0.317. The maximum atomic E-state index is 13.1. The van der Waals surface area contributed by atoms with Crippen LogP contribution in [-0.4, -0.2) is 19.1 Å². The van der Waals surface area contributed by atoms with Gasteiger partial charge >= 0.3 is 0 Å². The fourth-order valence-corrected chi connectivity index (χ4v) is 2.15. The van der Waals surface area contributed by atoms with E-state index in [1.54, 1.807) is 7.11 Å². The zero-order valence-electron chi connectivity index (χ0n) is 11.6. The summed E-state index contributed by atoms with van der Waals surface area (Å²) < 4.78 is 31.4. The number of rotatable bonds is 5. The number of benzene rings is 2. The maximum Gasteiger partial charge on any atom is 0.126 e. The van der Waals surface area contributed by atoms with E-state index in [0.29, 0.717) is 18.7 Å². The highest BCUT2D eigenvalue weighted by molar-refractivity contribution is 5.28. The van der Waals surface area contributed by atoms with Crippen molar-refractivity contribution < 1.29 is 13.5 Å². The molecule has 106 valence electrons. The Morgan fingerprint density at radius 1 is 0.950 bits per heavy atom. The van der Waals surface area contributed by atoms with Crippen molar-refractivity contribution in [3.05, 3.63) is 65.2 Å². The first kappa shape index (κ1) is 14.5. The molecule has 0 aliphatic carbocycles. The SMILES string of the molecule is COc1cccc(CN(C)Cc2cc(F)cc(F)c2)c1. The molecule has 2 aromatic carbocycles. The largest absolute Gasteiger partial charge is 0.497 e. The Morgan fingerprint density at radius 3 is 2.25 bits per heavy atom. The lowest BCUT2D eigenvalue weighted by atomic mass is 10.1. The molecule has 0 aliphatic rings. The Hall–Kier alpha value is -1.94. The second-order valence-electron chi connectivity index (χ2n) is 4.80. The van der Waals surface area contributed by atoms with Crippen LogP contribution in [0.2, 0.25) is 0 Å². The highest BCUT2D eigenvalue weighted by Crippen LogP contribution is 2.15. The number of nitrogens with zero attached hydrogens (tertiary/aromatic N) is 1. The summed E-state index contributed by atoms with van der Waals surface area (Å²) in [5.41, 5.74) is 1.71. The topological polar surface area (TPSA) is 12.5 Å². The highest BCUT2D eigenvalue weighted by atomic mass is 19.1. The van der Waals surface area contributed by atoms with Gasteiger partial charge in [0.2, 0.25) is 0 Å². The lowest BCUT2D eigenvalue weighted by Gasteiger charge is -2.17. The van der Waals surface area contributed by atoms with Crippen molar-refractivity contribution >= 4 is 0 Å². The van der Waals surface area contributed by atoms with Crippen LogP contribution in [0.25, 0.3) is 0 Å². The average molecular weight is 277 g/mol. The summed E-state index contributed by atoms with van der Waals surface area (Å²) in [6, 6.07) is 11.3. The van der Waals surface area contributed by atoms with Gasteiger partial charge in [0.05, 0.1) is 7.11 Å². The molecular weight excluding hydrogens is 260 g/mol. The minimum absolute atomic E-state index is 0.478. The summed E-state index contributed by atoms with van der Waals surface area (Å²) in [6.45, 7) is 1.15. The molecule has 0 saturated carbocycles. The van der Waals surface area contributed by atoms with Crippen LogP contribution in [-0.2, 0) is 13.1 Å². The maximum absolute atomic E-state index is 13.1. The first-order chi connectivity index (χ1) is 9.56. The van der Waals surface area contributed by atoms with E-state index in [1.807, 2.05) is 36.2 Å². The van der Waals surface area contributed by atoms with E-state index >= 15 is 0 Å². The molecule has 0 amide bonds. The Morgan fingerprint density at radius 2 is 1.60 bits per heavy atom. The molecule has 20 heavy (non-hydrogen) atoms. The summed E-state index contributed by atoms with van der Waals surface area (Å²) in [5, 5.41) is 0. The van der Waals surface area contributed by atoms with E-state index in [0.717, 1.165) is 17.4 Å². The lowest BCUT2D eigenvalue weighted by Crippen LogP contribution is -2.17. The quantitative estimate of drug-likeness (QED) is 0.828. The van der Waals surface area contributed by atoms with Crippen molar-refractivity contribution in [1.82, 2.24) is 4.90 Å². The minimum Gasteiger partial charge on any atom is -0.497 e. The second-order valence-corrected chi connectivity index (χ2v) is 4.80. The van der Waals surface area contributed by atoms with E-state index in [2.05, 4.69) is 0 Å². The van der Waals surface area contributed by atoms with Crippen molar-refractivity contribution in [1.29, 1.82) is 0 Å². The van der Waals surface area contributed by atoms with Crippen molar-refractivity contribution in [3.63, 3.8) is 0 Å². The first-order valence-electron chi connectivity index (χ1n) is 6.33.